The molecule has 0 spiro atoms. The minimum Gasteiger partial charge on any atom is -0.456 e. The number of rotatable bonds is 2. The molecule has 17 heavy (non-hydrogen) atoms. The van der Waals surface area contributed by atoms with Crippen molar-refractivity contribution in [3.8, 4) is 11.8 Å². The molecule has 0 fully saturated rings. The van der Waals surface area contributed by atoms with Crippen LogP contribution in [0.5, 0.6) is 0 Å². The molecule has 0 saturated heterocycles. The van der Waals surface area contributed by atoms with Crippen molar-refractivity contribution >= 4 is 11.7 Å². The maximum Gasteiger partial charge on any atom is 0.384 e. The maximum atomic E-state index is 11.0. The normalized spacial score (nSPS) is 9.06. The zero-order valence-corrected chi connectivity index (χ0v) is 9.52. The summed E-state index contributed by atoms with van der Waals surface area (Å²) >= 11 is 0. The van der Waals surface area contributed by atoms with Crippen LogP contribution >= 0.6 is 0 Å². The second kappa shape index (κ2) is 5.66. The van der Waals surface area contributed by atoms with Gasteiger partial charge in [0.1, 0.15) is 0 Å². The minimum atomic E-state index is -0.640. The highest BCUT2D eigenvalue weighted by molar-refractivity contribution is 5.89. The van der Waals surface area contributed by atoms with Gasteiger partial charge in [-0.15, -0.1) is 0 Å². The van der Waals surface area contributed by atoms with Crippen LogP contribution in [-0.2, 0) is 9.53 Å². The van der Waals surface area contributed by atoms with Gasteiger partial charge in [0.05, 0.1) is 11.5 Å². The second-order valence-corrected chi connectivity index (χ2v) is 3.23. The number of nitro groups is 1. The topological polar surface area (TPSA) is 69.4 Å². The number of esters is 1. The lowest BCUT2D eigenvalue weighted by atomic mass is 10.1. The zero-order valence-electron chi connectivity index (χ0n) is 9.52. The smallest absolute Gasteiger partial charge is 0.384 e. The number of carbonyl (C=O) groups is 1. The molecule has 0 bridgehead atoms. The third-order valence-corrected chi connectivity index (χ3v) is 2.01. The Hall–Kier alpha value is -2.35. The van der Waals surface area contributed by atoms with E-state index in [1.165, 1.54) is 12.1 Å². The molecule has 5 heteroatoms. The van der Waals surface area contributed by atoms with Gasteiger partial charge in [-0.2, -0.15) is 0 Å². The van der Waals surface area contributed by atoms with Crippen LogP contribution in [0.2, 0.25) is 0 Å². The molecule has 0 amide bonds. The summed E-state index contributed by atoms with van der Waals surface area (Å²) < 4.78 is 4.63. The number of nitrogens with zero attached hydrogens (tertiary/aromatic N) is 1. The molecule has 0 aliphatic heterocycles. The zero-order chi connectivity index (χ0) is 12.8. The summed E-state index contributed by atoms with van der Waals surface area (Å²) in [6, 6.07) is 4.32. The fourth-order valence-corrected chi connectivity index (χ4v) is 1.14. The highest BCUT2D eigenvalue weighted by Crippen LogP contribution is 2.16. The number of ether oxygens (including phenoxy) is 1. The lowest BCUT2D eigenvalue weighted by molar-refractivity contribution is -0.384. The first-order valence-corrected chi connectivity index (χ1v) is 4.98. The molecule has 0 heterocycles. The van der Waals surface area contributed by atoms with Gasteiger partial charge in [0.15, 0.2) is 0 Å². The molecular formula is C12H11NO4. The average Bonchev–Trinajstić information content (AvgIpc) is 2.28. The number of hydrogen-bond acceptors (Lipinski definition) is 4. The lowest BCUT2D eigenvalue weighted by Gasteiger charge is -1.97. The standard InChI is InChI=1S/C12H11NO4/c1-3-17-12(14)7-5-10-8-11(13(15)16)6-4-9(10)2/h4,6,8H,3H2,1-2H3. The van der Waals surface area contributed by atoms with E-state index in [-0.39, 0.29) is 12.3 Å². The molecule has 5 nitrogen and oxygen atoms in total. The number of benzene rings is 1. The van der Waals surface area contributed by atoms with Crippen molar-refractivity contribution in [1.29, 1.82) is 0 Å². The molecule has 1 aromatic rings. The van der Waals surface area contributed by atoms with Gasteiger partial charge in [-0.3, -0.25) is 10.1 Å². The molecule has 88 valence electrons. The van der Waals surface area contributed by atoms with E-state index in [2.05, 4.69) is 16.6 Å². The second-order valence-electron chi connectivity index (χ2n) is 3.23. The Balaban J connectivity index is 3.01. The molecule has 0 atom stereocenters. The van der Waals surface area contributed by atoms with Gasteiger partial charge in [0, 0.05) is 23.6 Å². The van der Waals surface area contributed by atoms with Crippen molar-refractivity contribution in [3.63, 3.8) is 0 Å². The largest absolute Gasteiger partial charge is 0.456 e. The Morgan fingerprint density at radius 2 is 2.24 bits per heavy atom. The number of carbonyl (C=O) groups excluding carboxylic acids is 1. The van der Waals surface area contributed by atoms with E-state index in [9.17, 15) is 14.9 Å². The first-order chi connectivity index (χ1) is 8.04. The van der Waals surface area contributed by atoms with E-state index in [1.54, 1.807) is 19.9 Å². The quantitative estimate of drug-likeness (QED) is 0.338. The van der Waals surface area contributed by atoms with Gasteiger partial charge < -0.3 is 4.74 Å². The number of nitro benzene ring substituents is 1. The summed E-state index contributed by atoms with van der Waals surface area (Å²) in [4.78, 5) is 21.1. The van der Waals surface area contributed by atoms with E-state index < -0.39 is 10.9 Å². The van der Waals surface area contributed by atoms with Crippen LogP contribution in [0.25, 0.3) is 0 Å². The molecule has 1 aromatic carbocycles. The third kappa shape index (κ3) is 3.61. The van der Waals surface area contributed by atoms with Crippen molar-refractivity contribution in [1.82, 2.24) is 0 Å². The highest BCUT2D eigenvalue weighted by Gasteiger charge is 2.07. The van der Waals surface area contributed by atoms with E-state index >= 15 is 0 Å². The minimum absolute atomic E-state index is 0.0521. The Labute approximate surface area is 98.5 Å². The molecule has 0 aromatic heterocycles. The SMILES string of the molecule is CCOC(=O)C#Cc1cc([N+](=O)[O-])ccc1C. The average molecular weight is 233 g/mol. The van der Waals surface area contributed by atoms with E-state index in [0.717, 1.165) is 5.56 Å². The van der Waals surface area contributed by atoms with Crippen LogP contribution in [-0.4, -0.2) is 17.5 Å². The summed E-state index contributed by atoms with van der Waals surface area (Å²) in [5.41, 5.74) is 1.17. The van der Waals surface area contributed by atoms with Crippen molar-refractivity contribution < 1.29 is 14.5 Å². The summed E-state index contributed by atoms with van der Waals surface area (Å²) in [7, 11) is 0. The maximum absolute atomic E-state index is 11.0. The van der Waals surface area contributed by atoms with Crippen molar-refractivity contribution in [3.05, 3.63) is 39.4 Å². The van der Waals surface area contributed by atoms with Crippen LogP contribution in [0.4, 0.5) is 5.69 Å². The Morgan fingerprint density at radius 1 is 1.53 bits per heavy atom. The first kappa shape index (κ1) is 12.7. The van der Waals surface area contributed by atoms with Crippen LogP contribution in [0.15, 0.2) is 18.2 Å². The summed E-state index contributed by atoms with van der Waals surface area (Å²) in [6.45, 7) is 3.69. The van der Waals surface area contributed by atoms with Crippen molar-refractivity contribution in [2.45, 2.75) is 13.8 Å². The molecule has 0 saturated carbocycles. The van der Waals surface area contributed by atoms with Crippen LogP contribution in [0.3, 0.4) is 0 Å². The third-order valence-electron chi connectivity index (χ3n) is 2.01. The van der Waals surface area contributed by atoms with Crippen molar-refractivity contribution in [2.75, 3.05) is 6.61 Å². The predicted molar refractivity (Wildman–Crippen MR) is 61.3 cm³/mol. The van der Waals surface area contributed by atoms with Gasteiger partial charge >= 0.3 is 5.97 Å². The Morgan fingerprint density at radius 3 is 2.82 bits per heavy atom. The lowest BCUT2D eigenvalue weighted by Crippen LogP contribution is -1.99. The summed E-state index contributed by atoms with van der Waals surface area (Å²) in [6.07, 6.45) is 0. The number of non-ortho nitro benzene ring substituents is 1. The van der Waals surface area contributed by atoms with Gasteiger partial charge in [-0.1, -0.05) is 12.0 Å². The van der Waals surface area contributed by atoms with Gasteiger partial charge in [0.25, 0.3) is 5.69 Å². The van der Waals surface area contributed by atoms with Crippen LogP contribution in [0, 0.1) is 28.9 Å². The molecular weight excluding hydrogens is 222 g/mol. The molecule has 0 unspecified atom stereocenters. The molecule has 0 N–H and O–H groups in total. The summed E-state index contributed by atoms with van der Waals surface area (Å²) in [5.74, 6) is 4.20. The molecule has 0 aliphatic carbocycles. The Kier molecular flexibility index (Phi) is 4.23. The monoisotopic (exact) mass is 233 g/mol. The molecule has 0 radical (unpaired) electrons. The first-order valence-electron chi connectivity index (χ1n) is 4.98. The van der Waals surface area contributed by atoms with Crippen molar-refractivity contribution in [2.24, 2.45) is 0 Å². The van der Waals surface area contributed by atoms with Crippen LogP contribution in [0.1, 0.15) is 18.1 Å². The van der Waals surface area contributed by atoms with Gasteiger partial charge in [-0.05, 0) is 19.4 Å². The van der Waals surface area contributed by atoms with E-state index in [4.69, 9.17) is 0 Å². The highest BCUT2D eigenvalue weighted by atomic mass is 16.6. The fourth-order valence-electron chi connectivity index (χ4n) is 1.14. The van der Waals surface area contributed by atoms with Gasteiger partial charge in [0.2, 0.25) is 0 Å². The predicted octanol–water partition coefficient (Wildman–Crippen LogP) is 1.82. The Bertz CT molecular complexity index is 511. The number of hydrogen-bond donors (Lipinski definition) is 0. The summed E-state index contributed by atoms with van der Waals surface area (Å²) in [5, 5.41) is 10.6. The molecule has 0 aliphatic rings. The van der Waals surface area contributed by atoms with Gasteiger partial charge in [-0.25, -0.2) is 4.79 Å². The molecule has 1 rings (SSSR count). The van der Waals surface area contributed by atoms with Crippen LogP contribution < -0.4 is 0 Å². The number of aryl methyl sites for hydroxylation is 1. The van der Waals surface area contributed by atoms with E-state index in [1.807, 2.05) is 0 Å². The fraction of sp³-hybridized carbons (Fsp3) is 0.250. The van der Waals surface area contributed by atoms with E-state index in [0.29, 0.717) is 5.56 Å².